The number of carbonyl (C=O) groups is 1. The molecular weight excluding hydrogens is 256 g/mol. The molecular formula is C12H17ClN2OS. The van der Waals surface area contributed by atoms with E-state index in [9.17, 15) is 4.79 Å². The highest BCUT2D eigenvalue weighted by Crippen LogP contribution is 2.24. The molecule has 1 amide bonds. The van der Waals surface area contributed by atoms with Crippen molar-refractivity contribution >= 4 is 28.8 Å². The van der Waals surface area contributed by atoms with Crippen LogP contribution in [0.3, 0.4) is 0 Å². The van der Waals surface area contributed by atoms with Gasteiger partial charge in [-0.2, -0.15) is 0 Å². The smallest absolute Gasteiger partial charge is 0.265 e. The van der Waals surface area contributed by atoms with E-state index in [1.165, 1.54) is 24.2 Å². The zero-order valence-electron chi connectivity index (χ0n) is 9.91. The normalized spacial score (nSPS) is 20.2. The molecule has 0 spiro atoms. The fourth-order valence-electron chi connectivity index (χ4n) is 2.17. The van der Waals surface area contributed by atoms with Crippen molar-refractivity contribution in [2.24, 2.45) is 5.92 Å². The Bertz CT molecular complexity index is 388. The topological polar surface area (TPSA) is 32.3 Å². The molecule has 1 fully saturated rings. The molecule has 1 aromatic heterocycles. The van der Waals surface area contributed by atoms with Crippen molar-refractivity contribution in [2.45, 2.75) is 12.8 Å². The van der Waals surface area contributed by atoms with Gasteiger partial charge in [0.2, 0.25) is 0 Å². The lowest BCUT2D eigenvalue weighted by atomic mass is 9.99. The Morgan fingerprint density at radius 1 is 1.71 bits per heavy atom. The Kier molecular flexibility index (Phi) is 4.42. The van der Waals surface area contributed by atoms with Crippen molar-refractivity contribution in [1.82, 2.24) is 10.2 Å². The van der Waals surface area contributed by atoms with E-state index in [0.717, 1.165) is 19.6 Å². The predicted molar refractivity (Wildman–Crippen MR) is 71.9 cm³/mol. The molecule has 0 aromatic carbocycles. The maximum Gasteiger partial charge on any atom is 0.265 e. The predicted octanol–water partition coefficient (Wildman–Crippen LogP) is 2.47. The number of hydrogen-bond acceptors (Lipinski definition) is 3. The first-order valence-corrected chi connectivity index (χ1v) is 7.13. The maximum atomic E-state index is 12.1. The van der Waals surface area contributed by atoms with E-state index in [0.29, 0.717) is 15.8 Å². The molecule has 2 rings (SSSR count). The van der Waals surface area contributed by atoms with E-state index in [2.05, 4.69) is 5.32 Å². The van der Waals surface area contributed by atoms with E-state index in [4.69, 9.17) is 11.6 Å². The first-order chi connectivity index (χ1) is 8.18. The largest absolute Gasteiger partial charge is 0.341 e. The summed E-state index contributed by atoms with van der Waals surface area (Å²) in [5.74, 6) is 0.604. The third kappa shape index (κ3) is 3.21. The minimum absolute atomic E-state index is 0.0376. The monoisotopic (exact) mass is 272 g/mol. The highest BCUT2D eigenvalue weighted by Gasteiger charge is 2.21. The van der Waals surface area contributed by atoms with Gasteiger partial charge in [-0.3, -0.25) is 4.79 Å². The van der Waals surface area contributed by atoms with Crippen LogP contribution in [0.5, 0.6) is 0 Å². The second-order valence-corrected chi connectivity index (χ2v) is 5.82. The third-order valence-electron chi connectivity index (χ3n) is 3.09. The Balaban J connectivity index is 1.93. The number of nitrogens with zero attached hydrogens (tertiary/aromatic N) is 1. The molecule has 1 aromatic rings. The molecule has 5 heteroatoms. The number of nitrogens with one attached hydrogen (secondary N) is 1. The van der Waals surface area contributed by atoms with E-state index in [1.807, 2.05) is 12.4 Å². The molecule has 2 heterocycles. The van der Waals surface area contributed by atoms with Gasteiger partial charge >= 0.3 is 0 Å². The number of halogens is 1. The van der Waals surface area contributed by atoms with Crippen LogP contribution < -0.4 is 5.32 Å². The standard InChI is InChI=1S/C12H17ClN2OS/c1-15(8-9-3-2-5-14-7-9)12(16)11-10(13)4-6-17-11/h4,6,9,14H,2-3,5,7-8H2,1H3. The van der Waals surface area contributed by atoms with Gasteiger partial charge in [-0.1, -0.05) is 11.6 Å². The number of piperidine rings is 1. The summed E-state index contributed by atoms with van der Waals surface area (Å²) in [5, 5.41) is 5.78. The SMILES string of the molecule is CN(CC1CCCNC1)C(=O)c1sccc1Cl. The van der Waals surface area contributed by atoms with Gasteiger partial charge in [0.25, 0.3) is 5.91 Å². The summed E-state index contributed by atoms with van der Waals surface area (Å²) < 4.78 is 0. The van der Waals surface area contributed by atoms with Crippen LogP contribution in [0.25, 0.3) is 0 Å². The lowest BCUT2D eigenvalue weighted by Crippen LogP contribution is -2.39. The van der Waals surface area contributed by atoms with E-state index >= 15 is 0 Å². The van der Waals surface area contributed by atoms with Gasteiger partial charge in [0, 0.05) is 13.6 Å². The van der Waals surface area contributed by atoms with Crippen LogP contribution in [-0.2, 0) is 0 Å². The lowest BCUT2D eigenvalue weighted by Gasteiger charge is -2.27. The van der Waals surface area contributed by atoms with Crippen LogP contribution in [0.1, 0.15) is 22.5 Å². The fraction of sp³-hybridized carbons (Fsp3) is 0.583. The molecule has 1 aliphatic heterocycles. The minimum atomic E-state index is 0.0376. The first-order valence-electron chi connectivity index (χ1n) is 5.87. The summed E-state index contributed by atoms with van der Waals surface area (Å²) in [7, 11) is 1.85. The Labute approximate surface area is 111 Å². The van der Waals surface area contributed by atoms with E-state index in [1.54, 1.807) is 11.0 Å². The van der Waals surface area contributed by atoms with Crippen molar-refractivity contribution < 1.29 is 4.79 Å². The number of amides is 1. The third-order valence-corrected chi connectivity index (χ3v) is 4.42. The van der Waals surface area contributed by atoms with Crippen LogP contribution in [0.2, 0.25) is 5.02 Å². The van der Waals surface area contributed by atoms with E-state index in [-0.39, 0.29) is 5.91 Å². The average molecular weight is 273 g/mol. The van der Waals surface area contributed by atoms with Gasteiger partial charge < -0.3 is 10.2 Å². The molecule has 94 valence electrons. The van der Waals surface area contributed by atoms with Gasteiger partial charge in [0.1, 0.15) is 4.88 Å². The molecule has 3 nitrogen and oxygen atoms in total. The fourth-order valence-corrected chi connectivity index (χ4v) is 3.30. The number of carbonyl (C=O) groups excluding carboxylic acids is 1. The molecule has 0 bridgehead atoms. The molecule has 0 saturated carbocycles. The summed E-state index contributed by atoms with van der Waals surface area (Å²) >= 11 is 7.38. The molecule has 17 heavy (non-hydrogen) atoms. The highest BCUT2D eigenvalue weighted by molar-refractivity contribution is 7.12. The van der Waals surface area contributed by atoms with Crippen molar-refractivity contribution in [1.29, 1.82) is 0 Å². The highest BCUT2D eigenvalue weighted by atomic mass is 35.5. The van der Waals surface area contributed by atoms with Gasteiger partial charge in [0.05, 0.1) is 5.02 Å². The average Bonchev–Trinajstić information content (AvgIpc) is 2.76. The van der Waals surface area contributed by atoms with Crippen molar-refractivity contribution in [2.75, 3.05) is 26.7 Å². The second-order valence-electron chi connectivity index (χ2n) is 4.50. The molecule has 1 atom stereocenters. The number of rotatable bonds is 3. The first kappa shape index (κ1) is 12.9. The summed E-state index contributed by atoms with van der Waals surface area (Å²) in [5.41, 5.74) is 0. The van der Waals surface area contributed by atoms with Crippen molar-refractivity contribution in [3.63, 3.8) is 0 Å². The van der Waals surface area contributed by atoms with Crippen LogP contribution in [0, 0.1) is 5.92 Å². The van der Waals surface area contributed by atoms with Gasteiger partial charge in [-0.15, -0.1) is 11.3 Å². The summed E-state index contributed by atoms with van der Waals surface area (Å²) in [6.45, 7) is 2.92. The number of hydrogen-bond donors (Lipinski definition) is 1. The molecule has 0 aliphatic carbocycles. The molecule has 1 unspecified atom stereocenters. The Hall–Kier alpha value is -0.580. The van der Waals surface area contributed by atoms with Crippen LogP contribution in [0.4, 0.5) is 0 Å². The minimum Gasteiger partial charge on any atom is -0.341 e. The van der Waals surface area contributed by atoms with Crippen LogP contribution in [-0.4, -0.2) is 37.5 Å². The van der Waals surface area contributed by atoms with Gasteiger partial charge in [0.15, 0.2) is 0 Å². The van der Waals surface area contributed by atoms with Crippen LogP contribution in [0.15, 0.2) is 11.4 Å². The molecule has 0 radical (unpaired) electrons. The second kappa shape index (κ2) is 5.85. The Morgan fingerprint density at radius 3 is 3.12 bits per heavy atom. The summed E-state index contributed by atoms with van der Waals surface area (Å²) in [4.78, 5) is 14.6. The van der Waals surface area contributed by atoms with E-state index < -0.39 is 0 Å². The zero-order chi connectivity index (χ0) is 12.3. The summed E-state index contributed by atoms with van der Waals surface area (Å²) in [6.07, 6.45) is 2.40. The van der Waals surface area contributed by atoms with Gasteiger partial charge in [-0.05, 0) is 43.3 Å². The zero-order valence-corrected chi connectivity index (χ0v) is 11.5. The quantitative estimate of drug-likeness (QED) is 0.917. The van der Waals surface area contributed by atoms with Crippen molar-refractivity contribution in [3.05, 3.63) is 21.3 Å². The lowest BCUT2D eigenvalue weighted by molar-refractivity contribution is 0.0769. The molecule has 1 N–H and O–H groups in total. The van der Waals surface area contributed by atoms with Gasteiger partial charge in [-0.25, -0.2) is 0 Å². The van der Waals surface area contributed by atoms with Crippen LogP contribution >= 0.6 is 22.9 Å². The Morgan fingerprint density at radius 2 is 2.53 bits per heavy atom. The summed E-state index contributed by atoms with van der Waals surface area (Å²) in [6, 6.07) is 1.77. The molecule has 1 saturated heterocycles. The number of thiophene rings is 1. The molecule has 1 aliphatic rings. The maximum absolute atomic E-state index is 12.1. The van der Waals surface area contributed by atoms with Crippen molar-refractivity contribution in [3.8, 4) is 0 Å².